The molecule has 0 aliphatic carbocycles. The lowest BCUT2D eigenvalue weighted by Gasteiger charge is -2.10. The molecule has 0 saturated carbocycles. The number of aromatic nitrogens is 4. The summed E-state index contributed by atoms with van der Waals surface area (Å²) in [6.45, 7) is 9.72. The molecule has 0 bridgehead atoms. The smallest absolute Gasteiger partial charge is 0.236 e. The maximum Gasteiger partial charge on any atom is 0.236 e. The maximum absolute atomic E-state index is 12.6. The fraction of sp³-hybridized carbons (Fsp3) is 0.308. The summed E-state index contributed by atoms with van der Waals surface area (Å²) >= 11 is 2.78. The summed E-state index contributed by atoms with van der Waals surface area (Å²) in [6, 6.07) is 16.0. The molecule has 1 N–H and O–H groups in total. The van der Waals surface area contributed by atoms with Crippen molar-refractivity contribution in [2.24, 2.45) is 5.92 Å². The molecule has 2 heterocycles. The molecule has 2 aromatic carbocycles. The van der Waals surface area contributed by atoms with Crippen LogP contribution >= 0.6 is 23.1 Å². The first-order valence-electron chi connectivity index (χ1n) is 11.5. The van der Waals surface area contributed by atoms with E-state index >= 15 is 0 Å². The van der Waals surface area contributed by atoms with Crippen molar-refractivity contribution in [3.05, 3.63) is 59.5 Å². The highest BCUT2D eigenvalue weighted by Gasteiger charge is 2.16. The number of carbonyl (C=O) groups excluding carboxylic acids is 1. The molecule has 0 fully saturated rings. The van der Waals surface area contributed by atoms with Crippen LogP contribution in [0, 0.1) is 12.8 Å². The maximum atomic E-state index is 12.6. The van der Waals surface area contributed by atoms with Gasteiger partial charge in [0.2, 0.25) is 5.91 Å². The number of anilines is 1. The number of nitrogens with one attached hydrogen (secondary N) is 1. The van der Waals surface area contributed by atoms with Gasteiger partial charge in [-0.05, 0) is 44.0 Å². The number of thioether (sulfide) groups is 1. The van der Waals surface area contributed by atoms with Gasteiger partial charge in [-0.1, -0.05) is 55.4 Å². The van der Waals surface area contributed by atoms with Crippen LogP contribution < -0.4 is 10.1 Å². The van der Waals surface area contributed by atoms with E-state index in [0.29, 0.717) is 29.4 Å². The number of rotatable bonds is 10. The minimum Gasteiger partial charge on any atom is -0.493 e. The molecule has 0 atom stereocenters. The summed E-state index contributed by atoms with van der Waals surface area (Å²) in [5, 5.41) is 14.8. The minimum atomic E-state index is -0.126. The number of benzene rings is 2. The Bertz CT molecular complexity index is 1260. The van der Waals surface area contributed by atoms with Gasteiger partial charge >= 0.3 is 0 Å². The Hall–Kier alpha value is -3.17. The monoisotopic (exact) mass is 507 g/mol. The van der Waals surface area contributed by atoms with Gasteiger partial charge in [-0.25, -0.2) is 4.98 Å². The third kappa shape index (κ3) is 6.49. The zero-order chi connectivity index (χ0) is 24.8. The second-order valence-electron chi connectivity index (χ2n) is 8.52. The van der Waals surface area contributed by atoms with Gasteiger partial charge < -0.3 is 14.6 Å². The van der Waals surface area contributed by atoms with E-state index < -0.39 is 0 Å². The third-order valence-electron chi connectivity index (χ3n) is 5.16. The van der Waals surface area contributed by atoms with E-state index in [1.54, 1.807) is 0 Å². The number of hydrogen-bond acceptors (Lipinski definition) is 7. The zero-order valence-electron chi connectivity index (χ0n) is 20.3. The molecule has 7 nitrogen and oxygen atoms in total. The van der Waals surface area contributed by atoms with Crippen molar-refractivity contribution >= 4 is 34.1 Å². The molecule has 182 valence electrons. The van der Waals surface area contributed by atoms with Crippen LogP contribution in [0.25, 0.3) is 22.6 Å². The molecule has 0 saturated heterocycles. The molecule has 0 aliphatic rings. The van der Waals surface area contributed by atoms with Gasteiger partial charge in [0.15, 0.2) is 16.1 Å². The lowest BCUT2D eigenvalue weighted by molar-refractivity contribution is -0.113. The molecule has 35 heavy (non-hydrogen) atoms. The Balaban J connectivity index is 1.36. The molecule has 4 rings (SSSR count). The van der Waals surface area contributed by atoms with Crippen molar-refractivity contribution in [2.75, 3.05) is 17.7 Å². The normalized spacial score (nSPS) is 11.1. The Morgan fingerprint density at radius 2 is 1.80 bits per heavy atom. The van der Waals surface area contributed by atoms with Crippen LogP contribution in [0.1, 0.15) is 26.3 Å². The van der Waals surface area contributed by atoms with Crippen molar-refractivity contribution in [3.8, 4) is 28.4 Å². The van der Waals surface area contributed by atoms with Crippen LogP contribution in [0.5, 0.6) is 5.75 Å². The Labute approximate surface area is 214 Å². The van der Waals surface area contributed by atoms with Crippen molar-refractivity contribution < 1.29 is 9.53 Å². The number of thiazole rings is 1. The molecule has 2 aromatic heterocycles. The highest BCUT2D eigenvalue weighted by Crippen LogP contribution is 2.27. The summed E-state index contributed by atoms with van der Waals surface area (Å²) in [5.41, 5.74) is 4.04. The molecule has 0 aliphatic heterocycles. The van der Waals surface area contributed by atoms with E-state index in [-0.39, 0.29) is 11.7 Å². The summed E-state index contributed by atoms with van der Waals surface area (Å²) in [5.74, 6) is 2.18. The van der Waals surface area contributed by atoms with Gasteiger partial charge in [0.05, 0.1) is 18.1 Å². The van der Waals surface area contributed by atoms with Gasteiger partial charge in [-0.3, -0.25) is 4.79 Å². The third-order valence-corrected chi connectivity index (χ3v) is 6.88. The van der Waals surface area contributed by atoms with Crippen LogP contribution in [0.3, 0.4) is 0 Å². The first-order valence-corrected chi connectivity index (χ1v) is 13.4. The summed E-state index contributed by atoms with van der Waals surface area (Å²) in [4.78, 5) is 17.1. The number of carbonyl (C=O) groups is 1. The van der Waals surface area contributed by atoms with E-state index in [0.717, 1.165) is 28.4 Å². The highest BCUT2D eigenvalue weighted by atomic mass is 32.2. The fourth-order valence-corrected chi connectivity index (χ4v) is 4.87. The number of nitrogens with zero attached hydrogens (tertiary/aromatic N) is 4. The average Bonchev–Trinajstić information content (AvgIpc) is 3.49. The topological polar surface area (TPSA) is 81.9 Å². The predicted molar refractivity (Wildman–Crippen MR) is 143 cm³/mol. The minimum absolute atomic E-state index is 0.126. The van der Waals surface area contributed by atoms with E-state index in [2.05, 4.69) is 53.4 Å². The zero-order valence-corrected chi connectivity index (χ0v) is 21.9. The second kappa shape index (κ2) is 11.5. The van der Waals surface area contributed by atoms with Crippen LogP contribution in [-0.4, -0.2) is 38.0 Å². The van der Waals surface area contributed by atoms with E-state index in [4.69, 9.17) is 4.74 Å². The number of amides is 1. The van der Waals surface area contributed by atoms with Crippen molar-refractivity contribution in [2.45, 2.75) is 39.4 Å². The molecule has 9 heteroatoms. The Kier molecular flexibility index (Phi) is 8.20. The molecule has 0 radical (unpaired) electrons. The molecule has 0 spiro atoms. The SMILES string of the molecule is CCn1c(SCC(=O)Nc2nc(-c3ccc(C)cc3)cs2)nnc1-c1ccc(OCC(C)C)cc1. The van der Waals surface area contributed by atoms with Gasteiger partial charge in [0.25, 0.3) is 0 Å². The van der Waals surface area contributed by atoms with Crippen LogP contribution in [-0.2, 0) is 11.3 Å². The van der Waals surface area contributed by atoms with Gasteiger partial charge in [-0.2, -0.15) is 0 Å². The summed E-state index contributed by atoms with van der Waals surface area (Å²) in [6.07, 6.45) is 0. The number of aryl methyl sites for hydroxylation is 1. The second-order valence-corrected chi connectivity index (χ2v) is 10.3. The lowest BCUT2D eigenvalue weighted by atomic mass is 10.1. The summed E-state index contributed by atoms with van der Waals surface area (Å²) in [7, 11) is 0. The first-order chi connectivity index (χ1) is 16.9. The average molecular weight is 508 g/mol. The Morgan fingerprint density at radius 3 is 2.49 bits per heavy atom. The molecule has 4 aromatic rings. The first kappa shape index (κ1) is 24.9. The largest absolute Gasteiger partial charge is 0.493 e. The van der Waals surface area contributed by atoms with E-state index in [1.807, 2.05) is 53.3 Å². The molecular formula is C26H29N5O2S2. The predicted octanol–water partition coefficient (Wildman–Crippen LogP) is 6.16. The van der Waals surface area contributed by atoms with Crippen molar-refractivity contribution in [3.63, 3.8) is 0 Å². The van der Waals surface area contributed by atoms with Crippen LogP contribution in [0.15, 0.2) is 59.1 Å². The fourth-order valence-electron chi connectivity index (χ4n) is 3.33. The molecule has 1 amide bonds. The van der Waals surface area contributed by atoms with Gasteiger partial charge in [0, 0.05) is 23.1 Å². The van der Waals surface area contributed by atoms with E-state index in [1.165, 1.54) is 28.7 Å². The number of ether oxygens (including phenoxy) is 1. The quantitative estimate of drug-likeness (QED) is 0.259. The standard InChI is InChI=1S/C26H29N5O2S2/c1-5-31-24(20-10-12-21(13-11-20)33-14-17(2)3)29-30-26(31)35-16-23(32)28-25-27-22(15-34-25)19-8-6-18(4)7-9-19/h6-13,15,17H,5,14,16H2,1-4H3,(H,27,28,32). The van der Waals surface area contributed by atoms with Crippen molar-refractivity contribution in [1.29, 1.82) is 0 Å². The van der Waals surface area contributed by atoms with Gasteiger partial charge in [0.1, 0.15) is 5.75 Å². The van der Waals surface area contributed by atoms with Gasteiger partial charge in [-0.15, -0.1) is 21.5 Å². The van der Waals surface area contributed by atoms with E-state index in [9.17, 15) is 4.79 Å². The molecular weight excluding hydrogens is 478 g/mol. The summed E-state index contributed by atoms with van der Waals surface area (Å²) < 4.78 is 7.78. The van der Waals surface area contributed by atoms with Crippen molar-refractivity contribution in [1.82, 2.24) is 19.7 Å². The molecule has 0 unspecified atom stereocenters. The Morgan fingerprint density at radius 1 is 1.09 bits per heavy atom. The van der Waals surface area contributed by atoms with Crippen LogP contribution in [0.2, 0.25) is 0 Å². The van der Waals surface area contributed by atoms with Crippen LogP contribution in [0.4, 0.5) is 5.13 Å². The number of hydrogen-bond donors (Lipinski definition) is 1. The highest BCUT2D eigenvalue weighted by molar-refractivity contribution is 7.99. The lowest BCUT2D eigenvalue weighted by Crippen LogP contribution is -2.14.